The Hall–Kier alpha value is -2.71. The van der Waals surface area contributed by atoms with E-state index >= 15 is 0 Å². The molecule has 0 unspecified atom stereocenters. The lowest BCUT2D eigenvalue weighted by Crippen LogP contribution is -2.33. The molecule has 29 heavy (non-hydrogen) atoms. The van der Waals surface area contributed by atoms with Crippen LogP contribution in [0.4, 0.5) is 10.1 Å². The molecule has 2 heterocycles. The minimum Gasteiger partial charge on any atom is -0.491 e. The number of hydrogen-bond acceptors (Lipinski definition) is 5. The molecule has 1 aromatic carbocycles. The molecule has 9 heteroatoms. The molecule has 0 saturated carbocycles. The number of aromatic nitrogens is 1. The van der Waals surface area contributed by atoms with Gasteiger partial charge < -0.3 is 14.5 Å². The molecule has 0 aliphatic rings. The third-order valence-corrected chi connectivity index (χ3v) is 4.17. The molecule has 1 amide bonds. The molecule has 0 bridgehead atoms. The van der Waals surface area contributed by atoms with Gasteiger partial charge in [-0.2, -0.15) is 0 Å². The van der Waals surface area contributed by atoms with E-state index in [4.69, 9.17) is 21.4 Å². The molecule has 0 atom stereocenters. The van der Waals surface area contributed by atoms with Crippen LogP contribution in [0.25, 0.3) is 11.0 Å². The summed E-state index contributed by atoms with van der Waals surface area (Å²) in [6, 6.07) is 7.66. The van der Waals surface area contributed by atoms with Gasteiger partial charge in [-0.05, 0) is 42.9 Å². The summed E-state index contributed by atoms with van der Waals surface area (Å²) >= 11 is 5.12. The second-order valence-electron chi connectivity index (χ2n) is 6.13. The first-order valence-corrected chi connectivity index (χ1v) is 9.36. The van der Waals surface area contributed by atoms with Gasteiger partial charge >= 0.3 is 0 Å². The Kier molecular flexibility index (Phi) is 8.35. The molecule has 3 aromatic rings. The lowest BCUT2D eigenvalue weighted by Gasteiger charge is -2.11. The first kappa shape index (κ1) is 22.6. The van der Waals surface area contributed by atoms with E-state index in [1.54, 1.807) is 30.6 Å². The predicted octanol–water partition coefficient (Wildman–Crippen LogP) is 5.08. The number of thiocarbonyl (C=S) groups is 1. The Morgan fingerprint density at radius 3 is 2.83 bits per heavy atom. The van der Waals surface area contributed by atoms with Gasteiger partial charge in [0.25, 0.3) is 5.91 Å². The molecule has 0 saturated heterocycles. The lowest BCUT2D eigenvalue weighted by atomic mass is 10.2. The Morgan fingerprint density at radius 2 is 2.10 bits per heavy atom. The van der Waals surface area contributed by atoms with Crippen LogP contribution in [0.5, 0.6) is 5.75 Å². The predicted molar refractivity (Wildman–Crippen MR) is 116 cm³/mol. The van der Waals surface area contributed by atoms with E-state index in [1.165, 1.54) is 12.1 Å². The minimum atomic E-state index is -0.509. The Balaban J connectivity index is 0.00000300. The van der Waals surface area contributed by atoms with Gasteiger partial charge in [0.1, 0.15) is 5.58 Å². The molecular formula is C20H21ClFN3O3S. The molecule has 0 fully saturated rings. The lowest BCUT2D eigenvalue weighted by molar-refractivity contribution is 0.0953. The minimum absolute atomic E-state index is 0. The summed E-state index contributed by atoms with van der Waals surface area (Å²) in [6.45, 7) is 2.56. The van der Waals surface area contributed by atoms with Crippen LogP contribution >= 0.6 is 24.6 Å². The van der Waals surface area contributed by atoms with Crippen molar-refractivity contribution < 1.29 is 18.3 Å². The fourth-order valence-corrected chi connectivity index (χ4v) is 2.76. The molecule has 0 aliphatic heterocycles. The van der Waals surface area contributed by atoms with Crippen molar-refractivity contribution in [3.63, 3.8) is 0 Å². The third kappa shape index (κ3) is 6.13. The number of ether oxygens (including phenoxy) is 1. The number of anilines is 1. The number of benzene rings is 1. The summed E-state index contributed by atoms with van der Waals surface area (Å²) in [4.78, 5) is 16.2. The van der Waals surface area contributed by atoms with Crippen molar-refractivity contribution >= 4 is 52.3 Å². The monoisotopic (exact) mass is 437 g/mol. The van der Waals surface area contributed by atoms with Crippen LogP contribution in [0.3, 0.4) is 0 Å². The van der Waals surface area contributed by atoms with Gasteiger partial charge in [0.2, 0.25) is 0 Å². The Morgan fingerprint density at radius 1 is 1.28 bits per heavy atom. The number of hydrogen-bond donors (Lipinski definition) is 2. The average molecular weight is 438 g/mol. The van der Waals surface area contributed by atoms with E-state index in [1.807, 2.05) is 0 Å². The summed E-state index contributed by atoms with van der Waals surface area (Å²) in [6.07, 6.45) is 6.16. The number of fused-ring (bicyclic) bond motifs is 1. The van der Waals surface area contributed by atoms with Gasteiger partial charge in [0.05, 0.1) is 6.61 Å². The quantitative estimate of drug-likeness (QED) is 0.396. The number of nitrogens with zero attached hydrogens (tertiary/aromatic N) is 1. The Bertz CT molecular complexity index is 963. The number of pyridine rings is 1. The van der Waals surface area contributed by atoms with Crippen LogP contribution in [-0.2, 0) is 0 Å². The molecule has 2 N–H and O–H groups in total. The first-order chi connectivity index (χ1) is 13.6. The maximum Gasteiger partial charge on any atom is 0.293 e. The van der Waals surface area contributed by atoms with Crippen LogP contribution in [-0.4, -0.2) is 22.6 Å². The fraction of sp³-hybridized carbons (Fsp3) is 0.250. The summed E-state index contributed by atoms with van der Waals surface area (Å²) in [7, 11) is 0. The van der Waals surface area contributed by atoms with Crippen LogP contribution in [0.1, 0.15) is 36.7 Å². The smallest absolute Gasteiger partial charge is 0.293 e. The molecule has 0 radical (unpaired) electrons. The standard InChI is InChI=1S/C20H20FN3O3S.ClH/c1-2-3-4-9-26-17-6-5-14(11-15(17)21)23-20(28)24-19(25)18-10-13-12-22-8-7-16(13)27-18;/h5-8,10-12H,2-4,9H2,1H3,(H2,23,24,25,28);1H. The average Bonchev–Trinajstić information content (AvgIpc) is 3.11. The zero-order chi connectivity index (χ0) is 19.9. The van der Waals surface area contributed by atoms with E-state index in [0.29, 0.717) is 23.3 Å². The number of nitrogens with one attached hydrogen (secondary N) is 2. The number of halogens is 2. The maximum absolute atomic E-state index is 14.1. The molecule has 6 nitrogen and oxygen atoms in total. The molecule has 154 valence electrons. The zero-order valence-electron chi connectivity index (χ0n) is 15.7. The zero-order valence-corrected chi connectivity index (χ0v) is 17.4. The Labute approximate surface area is 179 Å². The largest absolute Gasteiger partial charge is 0.491 e. The van der Waals surface area contributed by atoms with Crippen molar-refractivity contribution in [1.82, 2.24) is 10.3 Å². The fourth-order valence-electron chi connectivity index (χ4n) is 2.55. The van der Waals surface area contributed by atoms with E-state index in [0.717, 1.165) is 19.3 Å². The molecule has 3 rings (SSSR count). The summed E-state index contributed by atoms with van der Waals surface area (Å²) in [5.41, 5.74) is 0.952. The number of amides is 1. The second-order valence-corrected chi connectivity index (χ2v) is 6.54. The van der Waals surface area contributed by atoms with Crippen molar-refractivity contribution in [2.75, 3.05) is 11.9 Å². The van der Waals surface area contributed by atoms with Gasteiger partial charge in [0, 0.05) is 29.5 Å². The number of carbonyl (C=O) groups is 1. The summed E-state index contributed by atoms with van der Waals surface area (Å²) in [5.74, 6) is -0.716. The summed E-state index contributed by atoms with van der Waals surface area (Å²) < 4.78 is 25.0. The van der Waals surface area contributed by atoms with Gasteiger partial charge in [0.15, 0.2) is 22.4 Å². The molecule has 0 spiro atoms. The number of carbonyl (C=O) groups excluding carboxylic acids is 1. The molecular weight excluding hydrogens is 417 g/mol. The number of furan rings is 1. The van der Waals surface area contributed by atoms with Crippen LogP contribution in [0, 0.1) is 5.82 Å². The maximum atomic E-state index is 14.1. The van der Waals surface area contributed by atoms with Crippen molar-refractivity contribution in [2.45, 2.75) is 26.2 Å². The highest BCUT2D eigenvalue weighted by Crippen LogP contribution is 2.22. The molecule has 0 aliphatic carbocycles. The first-order valence-electron chi connectivity index (χ1n) is 8.95. The summed E-state index contributed by atoms with van der Waals surface area (Å²) in [5, 5.41) is 6.01. The van der Waals surface area contributed by atoms with Crippen LogP contribution in [0.2, 0.25) is 0 Å². The normalized spacial score (nSPS) is 10.3. The van der Waals surface area contributed by atoms with Gasteiger partial charge in [-0.3, -0.25) is 15.1 Å². The highest BCUT2D eigenvalue weighted by Gasteiger charge is 2.14. The molecule has 2 aromatic heterocycles. The van der Waals surface area contributed by atoms with E-state index < -0.39 is 11.7 Å². The topological polar surface area (TPSA) is 76.4 Å². The van der Waals surface area contributed by atoms with E-state index in [-0.39, 0.29) is 29.0 Å². The van der Waals surface area contributed by atoms with Crippen molar-refractivity contribution in [3.05, 3.63) is 54.3 Å². The van der Waals surface area contributed by atoms with Gasteiger partial charge in [-0.15, -0.1) is 12.4 Å². The van der Waals surface area contributed by atoms with Crippen LogP contribution < -0.4 is 15.4 Å². The van der Waals surface area contributed by atoms with Crippen LogP contribution in [0.15, 0.2) is 47.1 Å². The SMILES string of the molecule is CCCCCOc1ccc(NC(=S)NC(=O)c2cc3cnccc3o2)cc1F.Cl. The van der Waals surface area contributed by atoms with E-state index in [2.05, 4.69) is 22.5 Å². The van der Waals surface area contributed by atoms with Crippen molar-refractivity contribution in [3.8, 4) is 5.75 Å². The second kappa shape index (κ2) is 10.7. The third-order valence-electron chi connectivity index (χ3n) is 3.96. The number of rotatable bonds is 7. The highest BCUT2D eigenvalue weighted by atomic mass is 35.5. The van der Waals surface area contributed by atoms with Crippen molar-refractivity contribution in [2.24, 2.45) is 0 Å². The van der Waals surface area contributed by atoms with Gasteiger partial charge in [-0.25, -0.2) is 4.39 Å². The van der Waals surface area contributed by atoms with Gasteiger partial charge in [-0.1, -0.05) is 19.8 Å². The number of unbranched alkanes of at least 4 members (excludes halogenated alkanes) is 2. The highest BCUT2D eigenvalue weighted by molar-refractivity contribution is 7.80. The van der Waals surface area contributed by atoms with Crippen molar-refractivity contribution in [1.29, 1.82) is 0 Å². The van der Waals surface area contributed by atoms with E-state index in [9.17, 15) is 9.18 Å².